The number of hydrogen-bond acceptors (Lipinski definition) is 6. The van der Waals surface area contributed by atoms with E-state index >= 15 is 0 Å². The van der Waals surface area contributed by atoms with Crippen LogP contribution in [0.5, 0.6) is 0 Å². The minimum absolute atomic E-state index is 0.238. The smallest absolute Gasteiger partial charge is 0.243 e. The summed E-state index contributed by atoms with van der Waals surface area (Å²) < 4.78 is 27.5. The molecule has 0 saturated heterocycles. The predicted octanol–water partition coefficient (Wildman–Crippen LogP) is 3.35. The first kappa shape index (κ1) is 18.6. The zero-order chi connectivity index (χ0) is 18.9. The SMILES string of the molecule is Cc1ncc(-c2cc(S(=O)(=O)N(C)Cc3cscn3)c(C)cc2C)cn1. The van der Waals surface area contributed by atoms with E-state index in [9.17, 15) is 8.42 Å². The van der Waals surface area contributed by atoms with Crippen LogP contribution >= 0.6 is 11.3 Å². The Labute approximate surface area is 157 Å². The number of hydrogen-bond donors (Lipinski definition) is 0. The van der Waals surface area contributed by atoms with Gasteiger partial charge in [-0.05, 0) is 43.5 Å². The van der Waals surface area contributed by atoms with Gasteiger partial charge < -0.3 is 0 Å². The van der Waals surface area contributed by atoms with Crippen molar-refractivity contribution in [3.05, 3.63) is 58.1 Å². The zero-order valence-corrected chi connectivity index (χ0v) is 16.7. The minimum atomic E-state index is -3.64. The Morgan fingerprint density at radius 1 is 1.04 bits per heavy atom. The van der Waals surface area contributed by atoms with Gasteiger partial charge in [-0.1, -0.05) is 6.07 Å². The fourth-order valence-electron chi connectivity index (χ4n) is 2.75. The van der Waals surface area contributed by atoms with E-state index in [2.05, 4.69) is 15.0 Å². The Kier molecular flexibility index (Phi) is 5.17. The lowest BCUT2D eigenvalue weighted by molar-refractivity contribution is 0.462. The van der Waals surface area contributed by atoms with Crippen molar-refractivity contribution in [1.29, 1.82) is 0 Å². The molecule has 0 atom stereocenters. The van der Waals surface area contributed by atoms with Gasteiger partial charge in [-0.25, -0.2) is 23.4 Å². The van der Waals surface area contributed by atoms with Crippen LogP contribution in [0.2, 0.25) is 0 Å². The molecule has 0 aliphatic carbocycles. The molecule has 26 heavy (non-hydrogen) atoms. The van der Waals surface area contributed by atoms with Crippen molar-refractivity contribution >= 4 is 21.4 Å². The number of nitrogens with zero attached hydrogens (tertiary/aromatic N) is 4. The van der Waals surface area contributed by atoms with Crippen molar-refractivity contribution in [3.8, 4) is 11.1 Å². The summed E-state index contributed by atoms with van der Waals surface area (Å²) in [6, 6.07) is 3.60. The molecule has 3 rings (SSSR count). The molecule has 0 spiro atoms. The summed E-state index contributed by atoms with van der Waals surface area (Å²) in [6.07, 6.45) is 3.44. The van der Waals surface area contributed by atoms with Gasteiger partial charge >= 0.3 is 0 Å². The van der Waals surface area contributed by atoms with E-state index < -0.39 is 10.0 Å². The second kappa shape index (κ2) is 7.22. The Balaban J connectivity index is 2.03. The lowest BCUT2D eigenvalue weighted by Crippen LogP contribution is -2.27. The molecule has 0 bridgehead atoms. The summed E-state index contributed by atoms with van der Waals surface area (Å²) in [5.74, 6) is 0.675. The second-order valence-corrected chi connectivity index (χ2v) is 8.92. The molecule has 0 aliphatic rings. The monoisotopic (exact) mass is 388 g/mol. The number of benzene rings is 1. The van der Waals surface area contributed by atoms with Crippen LogP contribution in [-0.4, -0.2) is 34.7 Å². The van der Waals surface area contributed by atoms with Crippen molar-refractivity contribution in [2.75, 3.05) is 7.05 Å². The minimum Gasteiger partial charge on any atom is -0.248 e. The molecule has 6 nitrogen and oxygen atoms in total. The average molecular weight is 389 g/mol. The van der Waals surface area contributed by atoms with Gasteiger partial charge in [-0.15, -0.1) is 11.3 Å². The van der Waals surface area contributed by atoms with Crippen LogP contribution in [0.25, 0.3) is 11.1 Å². The largest absolute Gasteiger partial charge is 0.248 e. The van der Waals surface area contributed by atoms with Crippen LogP contribution in [0.1, 0.15) is 22.6 Å². The van der Waals surface area contributed by atoms with Crippen molar-refractivity contribution in [2.45, 2.75) is 32.2 Å². The summed E-state index contributed by atoms with van der Waals surface area (Å²) in [6.45, 7) is 5.82. The molecule has 0 unspecified atom stereocenters. The first-order valence-corrected chi connectivity index (χ1v) is 10.4. The predicted molar refractivity (Wildman–Crippen MR) is 102 cm³/mol. The van der Waals surface area contributed by atoms with Crippen LogP contribution in [0.4, 0.5) is 0 Å². The maximum absolute atomic E-state index is 13.1. The van der Waals surface area contributed by atoms with E-state index in [0.717, 1.165) is 22.4 Å². The quantitative estimate of drug-likeness (QED) is 0.670. The number of sulfonamides is 1. The van der Waals surface area contributed by atoms with Crippen LogP contribution < -0.4 is 0 Å². The van der Waals surface area contributed by atoms with Gasteiger partial charge in [0.05, 0.1) is 22.6 Å². The van der Waals surface area contributed by atoms with E-state index in [1.54, 1.807) is 31.0 Å². The van der Waals surface area contributed by atoms with E-state index in [0.29, 0.717) is 11.4 Å². The molecular weight excluding hydrogens is 368 g/mol. The molecule has 3 aromatic rings. The van der Waals surface area contributed by atoms with E-state index in [1.807, 2.05) is 32.2 Å². The Hall–Kier alpha value is -2.16. The first-order chi connectivity index (χ1) is 12.3. The highest BCUT2D eigenvalue weighted by Crippen LogP contribution is 2.30. The van der Waals surface area contributed by atoms with E-state index in [4.69, 9.17) is 0 Å². The lowest BCUT2D eigenvalue weighted by atomic mass is 10.0. The van der Waals surface area contributed by atoms with Gasteiger partial charge in [-0.3, -0.25) is 0 Å². The molecule has 0 saturated carbocycles. The molecule has 2 heterocycles. The molecule has 0 fully saturated rings. The third-order valence-corrected chi connectivity index (χ3v) is 6.75. The Morgan fingerprint density at radius 3 is 2.35 bits per heavy atom. The summed E-state index contributed by atoms with van der Waals surface area (Å²) in [5, 5.41) is 1.85. The topological polar surface area (TPSA) is 76.1 Å². The summed E-state index contributed by atoms with van der Waals surface area (Å²) in [7, 11) is -2.07. The van der Waals surface area contributed by atoms with E-state index in [1.165, 1.54) is 15.6 Å². The lowest BCUT2D eigenvalue weighted by Gasteiger charge is -2.19. The molecule has 1 aromatic carbocycles. The van der Waals surface area contributed by atoms with Gasteiger partial charge in [0.1, 0.15) is 5.82 Å². The van der Waals surface area contributed by atoms with Crippen molar-refractivity contribution < 1.29 is 8.42 Å². The molecule has 2 aromatic heterocycles. The molecule has 0 amide bonds. The van der Waals surface area contributed by atoms with Crippen LogP contribution in [0, 0.1) is 20.8 Å². The van der Waals surface area contributed by atoms with Gasteiger partial charge in [0.2, 0.25) is 10.0 Å². The maximum Gasteiger partial charge on any atom is 0.243 e. The average Bonchev–Trinajstić information content (AvgIpc) is 3.08. The highest BCUT2D eigenvalue weighted by atomic mass is 32.2. The molecule has 0 radical (unpaired) electrons. The fraction of sp³-hybridized carbons (Fsp3) is 0.278. The van der Waals surface area contributed by atoms with Crippen LogP contribution in [0.3, 0.4) is 0 Å². The van der Waals surface area contributed by atoms with Crippen molar-refractivity contribution in [1.82, 2.24) is 19.3 Å². The summed E-state index contributed by atoms with van der Waals surface area (Å²) in [4.78, 5) is 12.9. The highest BCUT2D eigenvalue weighted by molar-refractivity contribution is 7.89. The number of rotatable bonds is 5. The third-order valence-electron chi connectivity index (χ3n) is 4.17. The Bertz CT molecular complexity index is 1010. The Morgan fingerprint density at radius 2 is 1.73 bits per heavy atom. The van der Waals surface area contributed by atoms with Crippen LogP contribution in [-0.2, 0) is 16.6 Å². The van der Waals surface area contributed by atoms with Gasteiger partial charge in [0.15, 0.2) is 0 Å². The molecular formula is C18H20N4O2S2. The number of thiazole rings is 1. The van der Waals surface area contributed by atoms with Crippen molar-refractivity contribution in [2.24, 2.45) is 0 Å². The second-order valence-electron chi connectivity index (χ2n) is 6.19. The van der Waals surface area contributed by atoms with Gasteiger partial charge in [0.25, 0.3) is 0 Å². The summed E-state index contributed by atoms with van der Waals surface area (Å²) in [5.41, 5.74) is 5.74. The number of aromatic nitrogens is 3. The van der Waals surface area contributed by atoms with Gasteiger partial charge in [-0.2, -0.15) is 4.31 Å². The number of aryl methyl sites for hydroxylation is 3. The molecule has 136 valence electrons. The standard InChI is InChI=1S/C18H20N4O2S2/c1-12-5-13(2)18(6-17(12)15-7-19-14(3)20-8-15)26(23,24)22(4)9-16-10-25-11-21-16/h5-8,10-11H,9H2,1-4H3. The molecule has 8 heteroatoms. The maximum atomic E-state index is 13.1. The highest BCUT2D eigenvalue weighted by Gasteiger charge is 2.25. The van der Waals surface area contributed by atoms with Crippen molar-refractivity contribution in [3.63, 3.8) is 0 Å². The third kappa shape index (κ3) is 3.67. The normalized spacial score (nSPS) is 11.9. The summed E-state index contributed by atoms with van der Waals surface area (Å²) >= 11 is 1.45. The molecule has 0 aliphatic heterocycles. The first-order valence-electron chi connectivity index (χ1n) is 8.02. The molecule has 0 N–H and O–H groups in total. The zero-order valence-electron chi connectivity index (χ0n) is 15.1. The van der Waals surface area contributed by atoms with Gasteiger partial charge in [0, 0.05) is 30.4 Å². The fourth-order valence-corrected chi connectivity index (χ4v) is 4.67. The van der Waals surface area contributed by atoms with E-state index in [-0.39, 0.29) is 11.4 Å². The van der Waals surface area contributed by atoms with Crippen LogP contribution in [0.15, 0.2) is 40.3 Å².